The number of carbonyl (C=O) groups excluding carboxylic acids is 2. The molecule has 0 aromatic carbocycles. The van der Waals surface area contributed by atoms with Crippen molar-refractivity contribution < 1.29 is 9.59 Å². The zero-order chi connectivity index (χ0) is 13.2. The number of likely N-dealkylation sites (tertiary alicyclic amines) is 1. The van der Waals surface area contributed by atoms with Crippen molar-refractivity contribution in [1.82, 2.24) is 15.1 Å². The fourth-order valence-electron chi connectivity index (χ4n) is 2.52. The van der Waals surface area contributed by atoms with Gasteiger partial charge >= 0.3 is 0 Å². The van der Waals surface area contributed by atoms with Crippen LogP contribution in [0.4, 0.5) is 0 Å². The summed E-state index contributed by atoms with van der Waals surface area (Å²) in [5, 5.41) is 6.38. The molecule has 3 N–H and O–H groups in total. The molecular formula is C12H18N4O2. The SMILES string of the molecule is CCC1(C(N)=O)CCCN(C(=O)c2cn[nH]c2)C1. The standard InChI is InChI=1S/C12H18N4O2/c1-2-12(11(13)18)4-3-5-16(8-12)10(17)9-6-14-15-7-9/h6-7H,2-5,8H2,1H3,(H2,13,18)(H,14,15). The van der Waals surface area contributed by atoms with E-state index >= 15 is 0 Å². The molecule has 2 heterocycles. The molecule has 1 aromatic rings. The maximum absolute atomic E-state index is 12.2. The lowest BCUT2D eigenvalue weighted by molar-refractivity contribution is -0.130. The number of amides is 2. The zero-order valence-corrected chi connectivity index (χ0v) is 10.5. The Balaban J connectivity index is 2.16. The largest absolute Gasteiger partial charge is 0.369 e. The Labute approximate surface area is 106 Å². The molecule has 2 rings (SSSR count). The molecule has 0 aliphatic carbocycles. The average molecular weight is 250 g/mol. The highest BCUT2D eigenvalue weighted by Gasteiger charge is 2.40. The van der Waals surface area contributed by atoms with Gasteiger partial charge in [-0.1, -0.05) is 6.92 Å². The minimum absolute atomic E-state index is 0.0949. The topological polar surface area (TPSA) is 92.1 Å². The first-order chi connectivity index (χ1) is 8.59. The van der Waals surface area contributed by atoms with E-state index in [0.717, 1.165) is 12.8 Å². The lowest BCUT2D eigenvalue weighted by atomic mass is 9.77. The van der Waals surface area contributed by atoms with Crippen molar-refractivity contribution in [2.45, 2.75) is 26.2 Å². The molecule has 1 aromatic heterocycles. The Hall–Kier alpha value is -1.85. The lowest BCUT2D eigenvalue weighted by Gasteiger charge is -2.40. The number of nitrogens with zero attached hydrogens (tertiary/aromatic N) is 2. The van der Waals surface area contributed by atoms with Crippen LogP contribution in [0.15, 0.2) is 12.4 Å². The Kier molecular flexibility index (Phi) is 3.36. The maximum Gasteiger partial charge on any atom is 0.257 e. The fraction of sp³-hybridized carbons (Fsp3) is 0.583. The molecule has 1 aliphatic rings. The highest BCUT2D eigenvalue weighted by Crippen LogP contribution is 2.33. The third kappa shape index (κ3) is 2.10. The van der Waals surface area contributed by atoms with E-state index in [9.17, 15) is 9.59 Å². The highest BCUT2D eigenvalue weighted by molar-refractivity contribution is 5.94. The maximum atomic E-state index is 12.2. The molecule has 18 heavy (non-hydrogen) atoms. The van der Waals surface area contributed by atoms with Gasteiger partial charge in [0.15, 0.2) is 0 Å². The monoisotopic (exact) mass is 250 g/mol. The van der Waals surface area contributed by atoms with Gasteiger partial charge in [0, 0.05) is 19.3 Å². The van der Waals surface area contributed by atoms with Gasteiger partial charge in [-0.15, -0.1) is 0 Å². The summed E-state index contributed by atoms with van der Waals surface area (Å²) in [4.78, 5) is 25.5. The first-order valence-corrected chi connectivity index (χ1v) is 6.17. The predicted molar refractivity (Wildman–Crippen MR) is 65.6 cm³/mol. The van der Waals surface area contributed by atoms with Crippen LogP contribution in [0.1, 0.15) is 36.5 Å². The van der Waals surface area contributed by atoms with Crippen LogP contribution in [0.3, 0.4) is 0 Å². The van der Waals surface area contributed by atoms with Gasteiger partial charge < -0.3 is 10.6 Å². The summed E-state index contributed by atoms with van der Waals surface area (Å²) < 4.78 is 0. The third-order valence-electron chi connectivity index (χ3n) is 3.81. The number of hydrogen-bond acceptors (Lipinski definition) is 3. The summed E-state index contributed by atoms with van der Waals surface area (Å²) in [5.74, 6) is -0.405. The number of primary amides is 1. The molecule has 0 spiro atoms. The van der Waals surface area contributed by atoms with Crippen LogP contribution < -0.4 is 5.73 Å². The number of hydrogen-bond donors (Lipinski definition) is 2. The van der Waals surface area contributed by atoms with E-state index in [0.29, 0.717) is 25.1 Å². The summed E-state index contributed by atoms with van der Waals surface area (Å²) >= 11 is 0. The van der Waals surface area contributed by atoms with Crippen molar-refractivity contribution in [3.8, 4) is 0 Å². The van der Waals surface area contributed by atoms with Gasteiger partial charge in [0.25, 0.3) is 5.91 Å². The highest BCUT2D eigenvalue weighted by atomic mass is 16.2. The minimum Gasteiger partial charge on any atom is -0.369 e. The molecule has 0 saturated carbocycles. The van der Waals surface area contributed by atoms with Gasteiger partial charge in [0.05, 0.1) is 17.2 Å². The van der Waals surface area contributed by atoms with Crippen LogP contribution in [-0.4, -0.2) is 40.0 Å². The van der Waals surface area contributed by atoms with Gasteiger partial charge in [0.1, 0.15) is 0 Å². The van der Waals surface area contributed by atoms with Crippen LogP contribution in [0.2, 0.25) is 0 Å². The van der Waals surface area contributed by atoms with Crippen LogP contribution in [-0.2, 0) is 4.79 Å². The normalized spacial score (nSPS) is 23.9. The van der Waals surface area contributed by atoms with Crippen LogP contribution in [0, 0.1) is 5.41 Å². The second-order valence-electron chi connectivity index (χ2n) is 4.82. The van der Waals surface area contributed by atoms with E-state index < -0.39 is 5.41 Å². The van der Waals surface area contributed by atoms with Gasteiger partial charge in [-0.3, -0.25) is 14.7 Å². The van der Waals surface area contributed by atoms with E-state index in [4.69, 9.17) is 5.73 Å². The molecule has 1 atom stereocenters. The molecule has 6 heteroatoms. The Morgan fingerprint density at radius 3 is 2.94 bits per heavy atom. The molecule has 0 bridgehead atoms. The number of nitrogens with one attached hydrogen (secondary N) is 1. The van der Waals surface area contributed by atoms with Crippen LogP contribution in [0.5, 0.6) is 0 Å². The van der Waals surface area contributed by atoms with Gasteiger partial charge in [-0.25, -0.2) is 0 Å². The Bertz CT molecular complexity index is 443. The first kappa shape index (κ1) is 12.6. The van der Waals surface area contributed by atoms with Crippen molar-refractivity contribution in [3.63, 3.8) is 0 Å². The number of aromatic nitrogens is 2. The smallest absolute Gasteiger partial charge is 0.257 e. The fourth-order valence-corrected chi connectivity index (χ4v) is 2.52. The van der Waals surface area contributed by atoms with Gasteiger partial charge in [-0.2, -0.15) is 5.10 Å². The molecule has 1 unspecified atom stereocenters. The van der Waals surface area contributed by atoms with E-state index in [1.165, 1.54) is 6.20 Å². The Morgan fingerprint density at radius 2 is 2.39 bits per heavy atom. The molecule has 1 aliphatic heterocycles. The quantitative estimate of drug-likeness (QED) is 0.819. The minimum atomic E-state index is -0.572. The number of rotatable bonds is 3. The van der Waals surface area contributed by atoms with E-state index in [2.05, 4.69) is 10.2 Å². The van der Waals surface area contributed by atoms with E-state index in [1.807, 2.05) is 6.92 Å². The van der Waals surface area contributed by atoms with Gasteiger partial charge in [-0.05, 0) is 19.3 Å². The molecule has 2 amide bonds. The van der Waals surface area contributed by atoms with Crippen molar-refractivity contribution in [3.05, 3.63) is 18.0 Å². The van der Waals surface area contributed by atoms with Crippen LogP contribution in [0.25, 0.3) is 0 Å². The number of H-pyrrole nitrogens is 1. The second-order valence-corrected chi connectivity index (χ2v) is 4.82. The van der Waals surface area contributed by atoms with Crippen LogP contribution >= 0.6 is 0 Å². The summed E-state index contributed by atoms with van der Waals surface area (Å²) in [7, 11) is 0. The molecule has 0 radical (unpaired) electrons. The van der Waals surface area contributed by atoms with Crippen molar-refractivity contribution in [1.29, 1.82) is 0 Å². The summed E-state index contributed by atoms with van der Waals surface area (Å²) in [6.07, 6.45) is 5.29. The molecule has 1 fully saturated rings. The summed E-state index contributed by atoms with van der Waals surface area (Å²) in [5.41, 5.74) is 5.45. The molecule has 98 valence electrons. The first-order valence-electron chi connectivity index (χ1n) is 6.17. The van der Waals surface area contributed by atoms with Crippen molar-refractivity contribution >= 4 is 11.8 Å². The summed E-state index contributed by atoms with van der Waals surface area (Å²) in [6, 6.07) is 0. The second kappa shape index (κ2) is 4.80. The summed E-state index contributed by atoms with van der Waals surface area (Å²) in [6.45, 7) is 3.01. The number of carbonyl (C=O) groups is 2. The molecular weight excluding hydrogens is 232 g/mol. The lowest BCUT2D eigenvalue weighted by Crippen LogP contribution is -2.51. The predicted octanol–water partition coefficient (Wildman–Crippen LogP) is 0.527. The van der Waals surface area contributed by atoms with Crippen molar-refractivity contribution in [2.75, 3.05) is 13.1 Å². The number of piperidine rings is 1. The molecule has 1 saturated heterocycles. The number of nitrogens with two attached hydrogens (primary N) is 1. The number of aromatic amines is 1. The van der Waals surface area contributed by atoms with E-state index in [-0.39, 0.29) is 11.8 Å². The van der Waals surface area contributed by atoms with Crippen molar-refractivity contribution in [2.24, 2.45) is 11.1 Å². The Morgan fingerprint density at radius 1 is 1.61 bits per heavy atom. The average Bonchev–Trinajstić information content (AvgIpc) is 2.91. The molecule has 6 nitrogen and oxygen atoms in total. The zero-order valence-electron chi connectivity index (χ0n) is 10.5. The van der Waals surface area contributed by atoms with Gasteiger partial charge in [0.2, 0.25) is 5.91 Å². The third-order valence-corrected chi connectivity index (χ3v) is 3.81. The van der Waals surface area contributed by atoms with E-state index in [1.54, 1.807) is 11.1 Å².